The lowest BCUT2D eigenvalue weighted by Gasteiger charge is -2.05. The van der Waals surface area contributed by atoms with Gasteiger partial charge < -0.3 is 15.2 Å². The minimum Gasteiger partial charge on any atom is -0.370 e. The molecule has 0 spiro atoms. The Morgan fingerprint density at radius 3 is 2.33 bits per heavy atom. The molecule has 4 nitrogen and oxygen atoms in total. The molecule has 2 N–H and O–H groups in total. The van der Waals surface area contributed by atoms with Crippen molar-refractivity contribution < 1.29 is 4.52 Å². The van der Waals surface area contributed by atoms with E-state index < -0.39 is 0 Å². The first-order chi connectivity index (χ1) is 5.70. The van der Waals surface area contributed by atoms with E-state index in [1.165, 1.54) is 0 Å². The highest BCUT2D eigenvalue weighted by Crippen LogP contribution is 2.30. The van der Waals surface area contributed by atoms with E-state index in [0.717, 1.165) is 17.3 Å². The summed E-state index contributed by atoms with van der Waals surface area (Å²) in [6.07, 6.45) is 0. The number of anilines is 2. The molecule has 0 amide bonds. The van der Waals surface area contributed by atoms with Crippen molar-refractivity contribution in [1.29, 1.82) is 0 Å². The second-order valence-electron chi connectivity index (χ2n) is 2.93. The molecule has 0 bridgehead atoms. The van der Waals surface area contributed by atoms with Gasteiger partial charge in [-0.25, -0.2) is 0 Å². The Bertz CT molecular complexity index is 233. The van der Waals surface area contributed by atoms with E-state index in [4.69, 9.17) is 4.52 Å². The zero-order chi connectivity index (χ0) is 9.14. The van der Waals surface area contributed by atoms with Gasteiger partial charge in [-0.1, -0.05) is 19.0 Å². The van der Waals surface area contributed by atoms with Crippen LogP contribution in [0.5, 0.6) is 0 Å². The van der Waals surface area contributed by atoms with Crippen LogP contribution < -0.4 is 10.6 Å². The van der Waals surface area contributed by atoms with Gasteiger partial charge in [-0.3, -0.25) is 0 Å². The van der Waals surface area contributed by atoms with Crippen LogP contribution >= 0.6 is 0 Å². The third-order valence-electron chi connectivity index (χ3n) is 1.77. The normalized spacial score (nSPS) is 10.4. The molecule has 1 aromatic rings. The fourth-order valence-corrected chi connectivity index (χ4v) is 1.19. The van der Waals surface area contributed by atoms with Gasteiger partial charge in [0.1, 0.15) is 0 Å². The van der Waals surface area contributed by atoms with Gasteiger partial charge >= 0.3 is 0 Å². The van der Waals surface area contributed by atoms with E-state index in [9.17, 15) is 0 Å². The Labute approximate surface area is 72.3 Å². The summed E-state index contributed by atoms with van der Waals surface area (Å²) >= 11 is 0. The van der Waals surface area contributed by atoms with E-state index in [1.54, 1.807) is 0 Å². The fourth-order valence-electron chi connectivity index (χ4n) is 1.19. The molecule has 1 heterocycles. The molecule has 68 valence electrons. The molecule has 12 heavy (non-hydrogen) atoms. The van der Waals surface area contributed by atoms with Crippen molar-refractivity contribution >= 4 is 11.7 Å². The lowest BCUT2D eigenvalue weighted by atomic mass is 10.1. The summed E-state index contributed by atoms with van der Waals surface area (Å²) in [5.74, 6) is 1.96. The van der Waals surface area contributed by atoms with E-state index in [2.05, 4.69) is 29.6 Å². The number of aromatic nitrogens is 1. The van der Waals surface area contributed by atoms with E-state index in [1.807, 2.05) is 14.1 Å². The van der Waals surface area contributed by atoms with Gasteiger partial charge in [0, 0.05) is 14.1 Å². The molecule has 0 radical (unpaired) electrons. The largest absolute Gasteiger partial charge is 0.370 e. The van der Waals surface area contributed by atoms with Crippen molar-refractivity contribution in [2.24, 2.45) is 0 Å². The predicted molar refractivity (Wildman–Crippen MR) is 49.7 cm³/mol. The van der Waals surface area contributed by atoms with Crippen LogP contribution in [0.15, 0.2) is 4.52 Å². The molecular weight excluding hydrogens is 154 g/mol. The van der Waals surface area contributed by atoms with Gasteiger partial charge in [0.15, 0.2) is 5.82 Å². The average molecular weight is 169 g/mol. The van der Waals surface area contributed by atoms with Crippen LogP contribution in [0.25, 0.3) is 0 Å². The Hall–Kier alpha value is -1.19. The summed E-state index contributed by atoms with van der Waals surface area (Å²) in [5, 5.41) is 9.83. The molecule has 0 aromatic carbocycles. The SMILES string of the molecule is CNc1noc(NC)c1C(C)C. The average Bonchev–Trinajstić information content (AvgIpc) is 2.46. The maximum Gasteiger partial charge on any atom is 0.230 e. The number of hydrogen-bond donors (Lipinski definition) is 2. The third-order valence-corrected chi connectivity index (χ3v) is 1.77. The van der Waals surface area contributed by atoms with Crippen molar-refractivity contribution in [2.45, 2.75) is 19.8 Å². The fraction of sp³-hybridized carbons (Fsp3) is 0.625. The van der Waals surface area contributed by atoms with Crippen LogP contribution in [0.2, 0.25) is 0 Å². The lowest BCUT2D eigenvalue weighted by Crippen LogP contribution is -1.98. The highest BCUT2D eigenvalue weighted by atomic mass is 16.5. The second-order valence-corrected chi connectivity index (χ2v) is 2.93. The first-order valence-corrected chi connectivity index (χ1v) is 4.05. The quantitative estimate of drug-likeness (QED) is 0.725. The van der Waals surface area contributed by atoms with E-state index in [-0.39, 0.29) is 0 Å². The van der Waals surface area contributed by atoms with Crippen LogP contribution in [0, 0.1) is 0 Å². The van der Waals surface area contributed by atoms with Crippen molar-refractivity contribution in [2.75, 3.05) is 24.7 Å². The smallest absolute Gasteiger partial charge is 0.230 e. The van der Waals surface area contributed by atoms with Gasteiger partial charge in [-0.15, -0.1) is 0 Å². The Balaban J connectivity index is 3.07. The molecule has 4 heteroatoms. The lowest BCUT2D eigenvalue weighted by molar-refractivity contribution is 0.436. The van der Waals surface area contributed by atoms with Gasteiger partial charge in [0.25, 0.3) is 0 Å². The molecule has 0 aliphatic heterocycles. The van der Waals surface area contributed by atoms with Gasteiger partial charge in [0.2, 0.25) is 5.88 Å². The van der Waals surface area contributed by atoms with Crippen LogP contribution in [0.1, 0.15) is 25.3 Å². The minimum atomic E-state index is 0.404. The number of rotatable bonds is 3. The first kappa shape index (κ1) is 8.90. The Morgan fingerprint density at radius 1 is 1.25 bits per heavy atom. The summed E-state index contributed by atoms with van der Waals surface area (Å²) < 4.78 is 5.07. The zero-order valence-corrected chi connectivity index (χ0v) is 7.93. The standard InChI is InChI=1S/C8H15N3O/c1-5(2)6-7(9-3)11-12-8(6)10-4/h5,10H,1-4H3,(H,9,11). The number of hydrogen-bond acceptors (Lipinski definition) is 4. The minimum absolute atomic E-state index is 0.404. The Kier molecular flexibility index (Phi) is 2.58. The highest BCUT2D eigenvalue weighted by Gasteiger charge is 2.16. The van der Waals surface area contributed by atoms with Crippen LogP contribution in [0.3, 0.4) is 0 Å². The zero-order valence-electron chi connectivity index (χ0n) is 7.93. The highest BCUT2D eigenvalue weighted by molar-refractivity contribution is 5.57. The van der Waals surface area contributed by atoms with Gasteiger partial charge in [0.05, 0.1) is 5.56 Å². The first-order valence-electron chi connectivity index (χ1n) is 4.05. The van der Waals surface area contributed by atoms with Crippen molar-refractivity contribution in [1.82, 2.24) is 5.16 Å². The molecule has 1 aromatic heterocycles. The molecule has 0 fully saturated rings. The molecule has 0 unspecified atom stereocenters. The summed E-state index contributed by atoms with van der Waals surface area (Å²) in [6, 6.07) is 0. The van der Waals surface area contributed by atoms with Crippen molar-refractivity contribution in [3.05, 3.63) is 5.56 Å². The molecule has 1 rings (SSSR count). The van der Waals surface area contributed by atoms with Crippen molar-refractivity contribution in [3.63, 3.8) is 0 Å². The molecule has 0 saturated carbocycles. The van der Waals surface area contributed by atoms with Gasteiger partial charge in [-0.2, -0.15) is 0 Å². The van der Waals surface area contributed by atoms with Crippen LogP contribution in [0.4, 0.5) is 11.7 Å². The summed E-state index contributed by atoms with van der Waals surface area (Å²) in [6.45, 7) is 4.21. The number of nitrogens with one attached hydrogen (secondary N) is 2. The molecule has 0 saturated heterocycles. The van der Waals surface area contributed by atoms with Gasteiger partial charge in [-0.05, 0) is 5.92 Å². The number of nitrogens with zero attached hydrogens (tertiary/aromatic N) is 1. The third kappa shape index (κ3) is 1.37. The maximum absolute atomic E-state index is 5.07. The molecular formula is C8H15N3O. The van der Waals surface area contributed by atoms with E-state index >= 15 is 0 Å². The maximum atomic E-state index is 5.07. The van der Waals surface area contributed by atoms with Crippen LogP contribution in [-0.2, 0) is 0 Å². The Morgan fingerprint density at radius 2 is 1.92 bits per heavy atom. The molecule has 0 aliphatic carbocycles. The van der Waals surface area contributed by atoms with Crippen molar-refractivity contribution in [3.8, 4) is 0 Å². The predicted octanol–water partition coefficient (Wildman–Crippen LogP) is 1.88. The molecule has 0 aliphatic rings. The second kappa shape index (κ2) is 3.47. The monoisotopic (exact) mass is 169 g/mol. The summed E-state index contributed by atoms with van der Waals surface area (Å²) in [7, 11) is 3.66. The van der Waals surface area contributed by atoms with Crippen LogP contribution in [-0.4, -0.2) is 19.3 Å². The summed E-state index contributed by atoms with van der Waals surface area (Å²) in [5.41, 5.74) is 1.10. The van der Waals surface area contributed by atoms with E-state index in [0.29, 0.717) is 5.92 Å². The summed E-state index contributed by atoms with van der Waals surface area (Å²) in [4.78, 5) is 0. The molecule has 0 atom stereocenters. The topological polar surface area (TPSA) is 50.1 Å².